The number of pyridine rings is 1. The topological polar surface area (TPSA) is 60.2 Å². The Labute approximate surface area is 198 Å². The van der Waals surface area contributed by atoms with Gasteiger partial charge in [0.25, 0.3) is 0 Å². The predicted octanol–water partition coefficient (Wildman–Crippen LogP) is 5.39. The summed E-state index contributed by atoms with van der Waals surface area (Å²) in [5, 5.41) is 4.20. The lowest BCUT2D eigenvalue weighted by Gasteiger charge is -2.32. The van der Waals surface area contributed by atoms with Gasteiger partial charge in [0, 0.05) is 35.1 Å². The van der Waals surface area contributed by atoms with Crippen LogP contribution in [0.4, 0.5) is 13.2 Å². The lowest BCUT2D eigenvalue weighted by Crippen LogP contribution is -2.40. The minimum atomic E-state index is -0.456. The van der Waals surface area contributed by atoms with Crippen molar-refractivity contribution in [3.8, 4) is 5.75 Å². The van der Waals surface area contributed by atoms with Gasteiger partial charge >= 0.3 is 0 Å². The molecule has 0 aliphatic heterocycles. The van der Waals surface area contributed by atoms with Crippen LogP contribution in [0.15, 0.2) is 48.7 Å². The monoisotopic (exact) mass is 469 g/mol. The van der Waals surface area contributed by atoms with Crippen molar-refractivity contribution >= 4 is 17.0 Å². The maximum atomic E-state index is 14.7. The van der Waals surface area contributed by atoms with E-state index in [0.29, 0.717) is 36.2 Å². The van der Waals surface area contributed by atoms with Gasteiger partial charge in [-0.1, -0.05) is 12.2 Å². The smallest absolute Gasteiger partial charge is 0.145 e. The van der Waals surface area contributed by atoms with Gasteiger partial charge in [-0.15, -0.1) is 0 Å². The van der Waals surface area contributed by atoms with Crippen LogP contribution in [-0.4, -0.2) is 30.7 Å². The SMILES string of the molecule is COc1ccc2ncc(F)c(C[C@H](N)[C@H]3CC[C@H](NC/C=C/c4cc(F)ccc4F)CC3)c2c1. The molecule has 180 valence electrons. The molecular formula is C27H30F3N3O. The van der Waals surface area contributed by atoms with E-state index in [0.717, 1.165) is 48.7 Å². The highest BCUT2D eigenvalue weighted by Crippen LogP contribution is 2.30. The molecule has 0 bridgehead atoms. The molecule has 3 N–H and O–H groups in total. The summed E-state index contributed by atoms with van der Waals surface area (Å²) in [6, 6.07) is 9.07. The second-order valence-electron chi connectivity index (χ2n) is 8.92. The third-order valence-electron chi connectivity index (χ3n) is 6.73. The standard InChI is InChI=1S/C27H30F3N3O/c1-34-21-9-11-27-23(14-21)22(25(30)16-33-27)15-26(31)17-4-7-20(8-5-17)32-12-2-3-18-13-19(28)6-10-24(18)29/h2-3,6,9-11,13-14,16-17,20,26,32H,4-5,7-8,12,15,31H2,1H3/b3-2+/t17-,20-,26-/m0/s1. The molecule has 4 nitrogen and oxygen atoms in total. The van der Waals surface area contributed by atoms with Crippen LogP contribution in [0.25, 0.3) is 17.0 Å². The Hall–Kier alpha value is -2.90. The van der Waals surface area contributed by atoms with E-state index < -0.39 is 11.6 Å². The third kappa shape index (κ3) is 5.77. The number of methoxy groups -OCH3 is 1. The van der Waals surface area contributed by atoms with Crippen LogP contribution in [0.5, 0.6) is 5.75 Å². The number of nitrogens with two attached hydrogens (primary N) is 1. The maximum Gasteiger partial charge on any atom is 0.145 e. The van der Waals surface area contributed by atoms with Crippen molar-refractivity contribution in [2.45, 2.75) is 44.2 Å². The van der Waals surface area contributed by atoms with Gasteiger partial charge in [-0.05, 0) is 74.4 Å². The number of hydrogen-bond acceptors (Lipinski definition) is 4. The van der Waals surface area contributed by atoms with Gasteiger partial charge in [0.05, 0.1) is 18.8 Å². The number of benzene rings is 2. The zero-order valence-electron chi connectivity index (χ0n) is 19.2. The molecule has 3 aromatic rings. The molecule has 1 heterocycles. The van der Waals surface area contributed by atoms with Crippen LogP contribution in [-0.2, 0) is 6.42 Å². The van der Waals surface area contributed by atoms with Gasteiger partial charge in [-0.3, -0.25) is 4.98 Å². The van der Waals surface area contributed by atoms with Crippen LogP contribution in [0.1, 0.15) is 36.8 Å². The molecule has 0 radical (unpaired) electrons. The molecule has 1 fully saturated rings. The second-order valence-corrected chi connectivity index (χ2v) is 8.92. The summed E-state index contributed by atoms with van der Waals surface area (Å²) in [7, 11) is 1.58. The van der Waals surface area contributed by atoms with Crippen molar-refractivity contribution < 1.29 is 17.9 Å². The van der Waals surface area contributed by atoms with Crippen molar-refractivity contribution in [3.63, 3.8) is 0 Å². The minimum absolute atomic E-state index is 0.150. The fourth-order valence-electron chi connectivity index (χ4n) is 4.75. The van der Waals surface area contributed by atoms with Gasteiger partial charge in [-0.25, -0.2) is 13.2 Å². The minimum Gasteiger partial charge on any atom is -0.497 e. The zero-order chi connectivity index (χ0) is 24.1. The van der Waals surface area contributed by atoms with E-state index in [1.54, 1.807) is 19.3 Å². The van der Waals surface area contributed by atoms with Crippen molar-refractivity contribution in [2.75, 3.05) is 13.7 Å². The van der Waals surface area contributed by atoms with Gasteiger partial charge in [0.1, 0.15) is 23.2 Å². The highest BCUT2D eigenvalue weighted by atomic mass is 19.1. The van der Waals surface area contributed by atoms with Crippen LogP contribution in [0, 0.1) is 23.4 Å². The fraction of sp³-hybridized carbons (Fsp3) is 0.370. The molecule has 2 aromatic carbocycles. The number of nitrogens with one attached hydrogen (secondary N) is 1. The number of nitrogens with zero attached hydrogens (tertiary/aromatic N) is 1. The summed E-state index contributed by atoms with van der Waals surface area (Å²) in [4.78, 5) is 4.19. The normalized spacial score (nSPS) is 19.6. The molecular weight excluding hydrogens is 439 g/mol. The molecule has 4 rings (SSSR count). The van der Waals surface area contributed by atoms with E-state index in [-0.39, 0.29) is 17.4 Å². The molecule has 1 aliphatic carbocycles. The zero-order valence-corrected chi connectivity index (χ0v) is 19.2. The van der Waals surface area contributed by atoms with Crippen molar-refractivity contribution in [2.24, 2.45) is 11.7 Å². The number of ether oxygens (including phenoxy) is 1. The number of rotatable bonds is 8. The molecule has 1 saturated carbocycles. The Morgan fingerprint density at radius 3 is 2.65 bits per heavy atom. The first-order valence-corrected chi connectivity index (χ1v) is 11.7. The fourth-order valence-corrected chi connectivity index (χ4v) is 4.75. The van der Waals surface area contributed by atoms with E-state index in [1.807, 2.05) is 18.2 Å². The summed E-state index contributed by atoms with van der Waals surface area (Å²) in [5.74, 6) is -0.266. The van der Waals surface area contributed by atoms with E-state index in [1.165, 1.54) is 12.3 Å². The third-order valence-corrected chi connectivity index (χ3v) is 6.73. The Balaban J connectivity index is 1.30. The summed E-state index contributed by atoms with van der Waals surface area (Å²) in [6.45, 7) is 0.577. The van der Waals surface area contributed by atoms with Crippen LogP contribution in [0.3, 0.4) is 0 Å². The van der Waals surface area contributed by atoms with Crippen molar-refractivity contribution in [1.82, 2.24) is 10.3 Å². The number of fused-ring (bicyclic) bond motifs is 1. The summed E-state index contributed by atoms with van der Waals surface area (Å²) in [6.07, 6.45) is 8.95. The summed E-state index contributed by atoms with van der Waals surface area (Å²) >= 11 is 0. The Morgan fingerprint density at radius 1 is 1.09 bits per heavy atom. The highest BCUT2D eigenvalue weighted by Gasteiger charge is 2.26. The largest absolute Gasteiger partial charge is 0.497 e. The molecule has 0 unspecified atom stereocenters. The van der Waals surface area contributed by atoms with E-state index in [4.69, 9.17) is 10.5 Å². The summed E-state index contributed by atoms with van der Waals surface area (Å²) < 4.78 is 46.9. The van der Waals surface area contributed by atoms with E-state index >= 15 is 0 Å². The maximum absolute atomic E-state index is 14.7. The Morgan fingerprint density at radius 2 is 1.88 bits per heavy atom. The Kier molecular flexibility index (Phi) is 7.85. The summed E-state index contributed by atoms with van der Waals surface area (Å²) in [5.41, 5.74) is 8.11. The van der Waals surface area contributed by atoms with Gasteiger partial charge in [0.2, 0.25) is 0 Å². The lowest BCUT2D eigenvalue weighted by molar-refractivity contribution is 0.260. The van der Waals surface area contributed by atoms with Gasteiger partial charge in [0.15, 0.2) is 0 Å². The molecule has 34 heavy (non-hydrogen) atoms. The van der Waals surface area contributed by atoms with Crippen molar-refractivity contribution in [3.05, 3.63) is 77.2 Å². The van der Waals surface area contributed by atoms with Crippen molar-refractivity contribution in [1.29, 1.82) is 0 Å². The van der Waals surface area contributed by atoms with E-state index in [9.17, 15) is 13.2 Å². The van der Waals surface area contributed by atoms with Gasteiger partial charge < -0.3 is 15.8 Å². The highest BCUT2D eigenvalue weighted by molar-refractivity contribution is 5.83. The second kappa shape index (κ2) is 11.0. The number of halogens is 3. The molecule has 1 aromatic heterocycles. The van der Waals surface area contributed by atoms with Crippen LogP contribution in [0.2, 0.25) is 0 Å². The first-order chi connectivity index (χ1) is 16.4. The van der Waals surface area contributed by atoms with Gasteiger partial charge in [-0.2, -0.15) is 0 Å². The van der Waals surface area contributed by atoms with Crippen LogP contribution >= 0.6 is 0 Å². The van der Waals surface area contributed by atoms with E-state index in [2.05, 4.69) is 10.3 Å². The average molecular weight is 470 g/mol. The Bertz CT molecular complexity index is 1160. The number of aromatic nitrogens is 1. The first-order valence-electron chi connectivity index (χ1n) is 11.7. The molecule has 0 saturated heterocycles. The lowest BCUT2D eigenvalue weighted by atomic mass is 9.79. The average Bonchev–Trinajstić information content (AvgIpc) is 2.85. The quantitative estimate of drug-likeness (QED) is 0.464. The molecule has 1 aliphatic rings. The number of hydrogen-bond donors (Lipinski definition) is 2. The first kappa shape index (κ1) is 24.2. The molecule has 1 atom stereocenters. The molecule has 0 amide bonds. The molecule has 0 spiro atoms. The molecule has 7 heteroatoms. The predicted molar refractivity (Wildman–Crippen MR) is 129 cm³/mol. The van der Waals surface area contributed by atoms with Crippen LogP contribution < -0.4 is 15.8 Å².